The summed E-state index contributed by atoms with van der Waals surface area (Å²) in [4.78, 5) is 23.7. The van der Waals surface area contributed by atoms with E-state index in [2.05, 4.69) is 10.6 Å². The number of hydrogen-bond acceptors (Lipinski definition) is 2. The molecule has 156 valence electrons. The molecule has 0 atom stereocenters. The minimum Gasteiger partial charge on any atom is -0.354 e. The maximum Gasteiger partial charge on any atom is 0.416 e. The largest absolute Gasteiger partial charge is 0.416 e. The van der Waals surface area contributed by atoms with Gasteiger partial charge in [-0.2, -0.15) is 26.3 Å². The summed E-state index contributed by atoms with van der Waals surface area (Å²) in [6.07, 6.45) is -9.27. The lowest BCUT2D eigenvalue weighted by Crippen LogP contribution is -2.35. The van der Waals surface area contributed by atoms with E-state index in [1.54, 1.807) is 0 Å². The molecule has 0 fully saturated rings. The van der Waals surface area contributed by atoms with Crippen LogP contribution in [0.5, 0.6) is 0 Å². The molecule has 2 aromatic carbocycles. The van der Waals surface area contributed by atoms with E-state index in [1.807, 2.05) is 0 Å². The smallest absolute Gasteiger partial charge is 0.354 e. The van der Waals surface area contributed by atoms with E-state index in [0.29, 0.717) is 0 Å². The van der Waals surface area contributed by atoms with E-state index in [4.69, 9.17) is 0 Å². The number of alkyl halides is 6. The van der Waals surface area contributed by atoms with Gasteiger partial charge in [-0.25, -0.2) is 0 Å². The monoisotopic (exact) mass is 418 g/mol. The molecular formula is C19H16F6N2O2. The first-order chi connectivity index (χ1) is 13.5. The van der Waals surface area contributed by atoms with Crippen LogP contribution in [0, 0.1) is 0 Å². The molecule has 10 heteroatoms. The summed E-state index contributed by atoms with van der Waals surface area (Å²) in [5.41, 5.74) is -1.53. The van der Waals surface area contributed by atoms with Gasteiger partial charge in [0.25, 0.3) is 5.91 Å². The van der Waals surface area contributed by atoms with Gasteiger partial charge in [-0.1, -0.05) is 18.2 Å². The van der Waals surface area contributed by atoms with Crippen molar-refractivity contribution < 1.29 is 35.9 Å². The van der Waals surface area contributed by atoms with E-state index in [1.165, 1.54) is 12.1 Å². The van der Waals surface area contributed by atoms with Crippen LogP contribution in [0.3, 0.4) is 0 Å². The summed E-state index contributed by atoms with van der Waals surface area (Å²) >= 11 is 0. The van der Waals surface area contributed by atoms with Gasteiger partial charge in [0.15, 0.2) is 0 Å². The van der Waals surface area contributed by atoms with E-state index >= 15 is 0 Å². The lowest BCUT2D eigenvalue weighted by atomic mass is 10.1. The Labute approximate surface area is 161 Å². The summed E-state index contributed by atoms with van der Waals surface area (Å²) in [6.45, 7) is -0.00163. The minimum absolute atomic E-state index is 0.00414. The molecular weight excluding hydrogens is 402 g/mol. The first-order valence-corrected chi connectivity index (χ1v) is 8.35. The number of carbonyl (C=O) groups is 2. The van der Waals surface area contributed by atoms with Gasteiger partial charge in [-0.3, -0.25) is 9.59 Å². The second-order valence-corrected chi connectivity index (χ2v) is 6.06. The summed E-state index contributed by atoms with van der Waals surface area (Å²) in [6, 6.07) is 8.01. The van der Waals surface area contributed by atoms with Gasteiger partial charge < -0.3 is 10.6 Å². The predicted molar refractivity (Wildman–Crippen MR) is 91.9 cm³/mol. The first kappa shape index (κ1) is 22.3. The van der Waals surface area contributed by atoms with Crippen molar-refractivity contribution in [1.29, 1.82) is 0 Å². The quantitative estimate of drug-likeness (QED) is 0.554. The zero-order valence-electron chi connectivity index (χ0n) is 14.8. The lowest BCUT2D eigenvalue weighted by Gasteiger charge is -2.10. The molecule has 0 spiro atoms. The third-order valence-electron chi connectivity index (χ3n) is 3.83. The van der Waals surface area contributed by atoms with Crippen molar-refractivity contribution in [3.8, 4) is 0 Å². The highest BCUT2D eigenvalue weighted by molar-refractivity contribution is 5.94. The summed E-state index contributed by atoms with van der Waals surface area (Å²) in [5, 5.41) is 4.86. The molecule has 0 unspecified atom stereocenters. The van der Waals surface area contributed by atoms with Crippen molar-refractivity contribution in [2.24, 2.45) is 0 Å². The zero-order chi connectivity index (χ0) is 21.7. The maximum atomic E-state index is 12.7. The van der Waals surface area contributed by atoms with Crippen molar-refractivity contribution in [2.45, 2.75) is 18.8 Å². The Balaban J connectivity index is 1.77. The van der Waals surface area contributed by atoms with Crippen LogP contribution in [0.25, 0.3) is 0 Å². The Morgan fingerprint density at radius 2 is 1.34 bits per heavy atom. The molecule has 0 aliphatic rings. The van der Waals surface area contributed by atoms with Crippen LogP contribution in [0.2, 0.25) is 0 Å². The second-order valence-electron chi connectivity index (χ2n) is 6.06. The highest BCUT2D eigenvalue weighted by Crippen LogP contribution is 2.30. The number of carbonyl (C=O) groups excluding carboxylic acids is 2. The van der Waals surface area contributed by atoms with Crippen molar-refractivity contribution in [1.82, 2.24) is 10.6 Å². The fraction of sp³-hybridized carbons (Fsp3) is 0.263. The molecule has 0 saturated carbocycles. The molecule has 2 amide bonds. The van der Waals surface area contributed by atoms with Crippen molar-refractivity contribution >= 4 is 11.8 Å². The number of halogens is 6. The van der Waals surface area contributed by atoms with Crippen molar-refractivity contribution in [3.05, 3.63) is 70.8 Å². The van der Waals surface area contributed by atoms with Crippen molar-refractivity contribution in [2.75, 3.05) is 13.1 Å². The van der Waals surface area contributed by atoms with Gasteiger partial charge in [-0.05, 0) is 35.9 Å². The number of nitrogens with one attached hydrogen (secondary N) is 2. The molecule has 4 nitrogen and oxygen atoms in total. The molecule has 29 heavy (non-hydrogen) atoms. The zero-order valence-corrected chi connectivity index (χ0v) is 14.8. The average Bonchev–Trinajstić information content (AvgIpc) is 2.64. The van der Waals surface area contributed by atoms with Crippen LogP contribution in [-0.4, -0.2) is 24.9 Å². The van der Waals surface area contributed by atoms with Gasteiger partial charge in [0.1, 0.15) is 0 Å². The maximum absolute atomic E-state index is 12.7. The van der Waals surface area contributed by atoms with Gasteiger partial charge in [0.2, 0.25) is 5.91 Å². The normalized spacial score (nSPS) is 11.8. The third-order valence-corrected chi connectivity index (χ3v) is 3.83. The number of rotatable bonds is 6. The lowest BCUT2D eigenvalue weighted by molar-refractivity contribution is -0.138. The molecule has 0 saturated heterocycles. The van der Waals surface area contributed by atoms with Crippen molar-refractivity contribution in [3.63, 3.8) is 0 Å². The van der Waals surface area contributed by atoms with E-state index in [-0.39, 0.29) is 30.6 Å². The third kappa shape index (κ3) is 6.81. The van der Waals surface area contributed by atoms with Crippen LogP contribution < -0.4 is 10.6 Å². The Hall–Kier alpha value is -3.04. The fourth-order valence-electron chi connectivity index (χ4n) is 2.40. The van der Waals surface area contributed by atoms with Gasteiger partial charge >= 0.3 is 12.4 Å². The first-order valence-electron chi connectivity index (χ1n) is 8.35. The van der Waals surface area contributed by atoms with Crippen LogP contribution >= 0.6 is 0 Å². The van der Waals surface area contributed by atoms with E-state index in [0.717, 1.165) is 36.4 Å². The fourth-order valence-corrected chi connectivity index (χ4v) is 2.40. The average molecular weight is 418 g/mol. The molecule has 2 N–H and O–H groups in total. The Morgan fingerprint density at radius 1 is 0.759 bits per heavy atom. The van der Waals surface area contributed by atoms with Gasteiger partial charge in [0, 0.05) is 18.7 Å². The molecule has 2 aromatic rings. The molecule has 0 aliphatic carbocycles. The van der Waals surface area contributed by atoms with E-state index < -0.39 is 35.3 Å². The molecule has 0 radical (unpaired) electrons. The second kappa shape index (κ2) is 8.97. The Kier molecular flexibility index (Phi) is 6.89. The Bertz CT molecular complexity index is 860. The molecule has 0 heterocycles. The molecule has 0 aliphatic heterocycles. The van der Waals surface area contributed by atoms with Crippen LogP contribution in [0.15, 0.2) is 48.5 Å². The summed E-state index contributed by atoms with van der Waals surface area (Å²) in [7, 11) is 0. The van der Waals surface area contributed by atoms with Crippen LogP contribution in [0.1, 0.15) is 27.0 Å². The molecule has 2 rings (SSSR count). The highest BCUT2D eigenvalue weighted by atomic mass is 19.4. The van der Waals surface area contributed by atoms with Gasteiger partial charge in [-0.15, -0.1) is 0 Å². The summed E-state index contributed by atoms with van der Waals surface area (Å²) < 4.78 is 75.4. The predicted octanol–water partition coefficient (Wildman–Crippen LogP) is 3.81. The number of benzene rings is 2. The topological polar surface area (TPSA) is 58.2 Å². The van der Waals surface area contributed by atoms with Crippen LogP contribution in [-0.2, 0) is 23.6 Å². The number of hydrogen-bond donors (Lipinski definition) is 2. The molecule has 0 aromatic heterocycles. The standard InChI is InChI=1S/C19H16F6N2O2/c20-18(21,22)14-6-4-13(5-7-14)17(29)27-9-8-26-16(28)11-12-2-1-3-15(10-12)19(23,24)25/h1-7,10H,8-9,11H2,(H,26,28)(H,27,29). The number of amides is 2. The van der Waals surface area contributed by atoms with E-state index in [9.17, 15) is 35.9 Å². The Morgan fingerprint density at radius 3 is 1.93 bits per heavy atom. The highest BCUT2D eigenvalue weighted by Gasteiger charge is 2.31. The summed E-state index contributed by atoms with van der Waals surface area (Å²) in [5.74, 6) is -1.15. The minimum atomic E-state index is -4.50. The van der Waals surface area contributed by atoms with Gasteiger partial charge in [0.05, 0.1) is 17.5 Å². The SMILES string of the molecule is O=C(Cc1cccc(C(F)(F)F)c1)NCCNC(=O)c1ccc(C(F)(F)F)cc1. The molecule has 0 bridgehead atoms. The van der Waals surface area contributed by atoms with Crippen LogP contribution in [0.4, 0.5) is 26.3 Å².